The molecule has 0 bridgehead atoms. The summed E-state index contributed by atoms with van der Waals surface area (Å²) in [4.78, 5) is 17.4. The van der Waals surface area contributed by atoms with Crippen molar-refractivity contribution < 1.29 is 4.79 Å². The predicted molar refractivity (Wildman–Crippen MR) is 61.8 cm³/mol. The maximum absolute atomic E-state index is 11.0. The number of nitrogens with zero attached hydrogens (tertiary/aromatic N) is 2. The molecule has 1 aromatic rings. The highest BCUT2D eigenvalue weighted by Gasteiger charge is 2.23. The number of nitrogens with one attached hydrogen (secondary N) is 1. The second kappa shape index (κ2) is 4.67. The van der Waals surface area contributed by atoms with Gasteiger partial charge in [0.15, 0.2) is 0 Å². The summed E-state index contributed by atoms with van der Waals surface area (Å²) in [5.41, 5.74) is 0. The van der Waals surface area contributed by atoms with Crippen LogP contribution < -0.4 is 10.2 Å². The number of anilines is 1. The molecule has 0 saturated carbocycles. The summed E-state index contributed by atoms with van der Waals surface area (Å²) in [6.07, 6.45) is 7.68. The first-order valence-corrected chi connectivity index (χ1v) is 5.22. The van der Waals surface area contributed by atoms with Gasteiger partial charge in [-0.05, 0) is 24.5 Å². The summed E-state index contributed by atoms with van der Waals surface area (Å²) in [7, 11) is 0. The Bertz CT molecular complexity index is 410. The molecule has 1 aliphatic rings. The molecule has 0 aliphatic carbocycles. The molecular weight excluding hydrogens is 202 g/mol. The van der Waals surface area contributed by atoms with Gasteiger partial charge in [-0.2, -0.15) is 0 Å². The van der Waals surface area contributed by atoms with Crippen molar-refractivity contribution in [1.29, 1.82) is 0 Å². The van der Waals surface area contributed by atoms with Crippen LogP contribution in [0, 0.1) is 12.3 Å². The first-order chi connectivity index (χ1) is 7.79. The minimum Gasteiger partial charge on any atom is -0.354 e. The number of carbonyl (C=O) groups excluding carboxylic acids is 1. The number of rotatable bonds is 2. The third-order valence-electron chi connectivity index (χ3n) is 2.63. The van der Waals surface area contributed by atoms with E-state index in [1.807, 2.05) is 18.2 Å². The van der Waals surface area contributed by atoms with Crippen molar-refractivity contribution in [3.8, 4) is 12.3 Å². The monoisotopic (exact) mass is 215 g/mol. The minimum atomic E-state index is -0.340. The van der Waals surface area contributed by atoms with Crippen LogP contribution >= 0.6 is 0 Å². The van der Waals surface area contributed by atoms with E-state index >= 15 is 0 Å². The molecule has 16 heavy (non-hydrogen) atoms. The zero-order valence-electron chi connectivity index (χ0n) is 8.89. The van der Waals surface area contributed by atoms with Crippen LogP contribution in [0.25, 0.3) is 0 Å². The largest absolute Gasteiger partial charge is 0.354 e. The van der Waals surface area contributed by atoms with Crippen LogP contribution in [-0.4, -0.2) is 30.0 Å². The normalized spacial score (nSPS) is 19.2. The van der Waals surface area contributed by atoms with Gasteiger partial charge in [0.2, 0.25) is 0 Å². The maximum atomic E-state index is 11.0. The summed E-state index contributed by atoms with van der Waals surface area (Å²) in [5.74, 6) is 2.67. The van der Waals surface area contributed by atoms with E-state index in [2.05, 4.69) is 21.1 Å². The summed E-state index contributed by atoms with van der Waals surface area (Å²) in [5, 5.41) is 2.78. The van der Waals surface area contributed by atoms with E-state index in [-0.39, 0.29) is 11.9 Å². The van der Waals surface area contributed by atoms with E-state index < -0.39 is 0 Å². The first kappa shape index (κ1) is 10.5. The molecule has 1 amide bonds. The van der Waals surface area contributed by atoms with Gasteiger partial charge in [0.1, 0.15) is 5.82 Å². The van der Waals surface area contributed by atoms with Crippen LogP contribution in [0.2, 0.25) is 0 Å². The maximum Gasteiger partial charge on any atom is 0.295 e. The van der Waals surface area contributed by atoms with E-state index in [4.69, 9.17) is 6.42 Å². The molecule has 2 rings (SSSR count). The molecule has 4 nitrogen and oxygen atoms in total. The molecule has 1 aliphatic heterocycles. The quantitative estimate of drug-likeness (QED) is 0.727. The van der Waals surface area contributed by atoms with Crippen molar-refractivity contribution in [3.63, 3.8) is 0 Å². The Balaban J connectivity index is 1.94. The average molecular weight is 215 g/mol. The average Bonchev–Trinajstić information content (AvgIpc) is 2.78. The predicted octanol–water partition coefficient (Wildman–Crippen LogP) is 0.410. The van der Waals surface area contributed by atoms with Gasteiger partial charge in [-0.1, -0.05) is 6.07 Å². The standard InChI is InChI=1S/C12H13N3O/c1-2-12(16)14-10-6-8-15(9-10)11-5-3-4-7-13-11/h1,3-5,7,10H,6,8-9H2,(H,14,16). The van der Waals surface area contributed by atoms with Crippen molar-refractivity contribution in [1.82, 2.24) is 10.3 Å². The zero-order chi connectivity index (χ0) is 11.4. The van der Waals surface area contributed by atoms with Crippen molar-refractivity contribution in [3.05, 3.63) is 24.4 Å². The van der Waals surface area contributed by atoms with E-state index in [0.717, 1.165) is 25.3 Å². The smallest absolute Gasteiger partial charge is 0.295 e. The molecule has 1 aromatic heterocycles. The molecule has 1 atom stereocenters. The van der Waals surface area contributed by atoms with Gasteiger partial charge in [-0.25, -0.2) is 4.98 Å². The minimum absolute atomic E-state index is 0.130. The number of amides is 1. The molecule has 1 unspecified atom stereocenters. The van der Waals surface area contributed by atoms with Crippen LogP contribution in [0.5, 0.6) is 0 Å². The molecule has 1 fully saturated rings. The molecular formula is C12H13N3O. The topological polar surface area (TPSA) is 45.2 Å². The molecule has 2 heterocycles. The summed E-state index contributed by atoms with van der Waals surface area (Å²) < 4.78 is 0. The number of hydrogen-bond donors (Lipinski definition) is 1. The van der Waals surface area contributed by atoms with E-state index in [1.54, 1.807) is 6.20 Å². The van der Waals surface area contributed by atoms with Crippen LogP contribution in [0.3, 0.4) is 0 Å². The highest BCUT2D eigenvalue weighted by atomic mass is 16.1. The van der Waals surface area contributed by atoms with Gasteiger partial charge < -0.3 is 10.2 Å². The Hall–Kier alpha value is -2.02. The Labute approximate surface area is 94.7 Å². The van der Waals surface area contributed by atoms with Gasteiger partial charge in [-0.15, -0.1) is 6.42 Å². The Morgan fingerprint density at radius 3 is 3.19 bits per heavy atom. The third-order valence-corrected chi connectivity index (χ3v) is 2.63. The van der Waals surface area contributed by atoms with Gasteiger partial charge >= 0.3 is 0 Å². The number of hydrogen-bond acceptors (Lipinski definition) is 3. The van der Waals surface area contributed by atoms with Gasteiger partial charge in [0.05, 0.1) is 0 Å². The highest BCUT2D eigenvalue weighted by Crippen LogP contribution is 2.16. The second-order valence-electron chi connectivity index (χ2n) is 3.74. The molecule has 1 saturated heterocycles. The van der Waals surface area contributed by atoms with E-state index in [9.17, 15) is 4.79 Å². The van der Waals surface area contributed by atoms with Crippen LogP contribution in [0.4, 0.5) is 5.82 Å². The van der Waals surface area contributed by atoms with Crippen LogP contribution in [0.1, 0.15) is 6.42 Å². The number of terminal acetylenes is 1. The second-order valence-corrected chi connectivity index (χ2v) is 3.74. The Morgan fingerprint density at radius 2 is 2.50 bits per heavy atom. The van der Waals surface area contributed by atoms with Crippen molar-refractivity contribution >= 4 is 11.7 Å². The van der Waals surface area contributed by atoms with Crippen molar-refractivity contribution in [2.24, 2.45) is 0 Å². The molecule has 1 N–H and O–H groups in total. The molecule has 0 radical (unpaired) electrons. The van der Waals surface area contributed by atoms with Crippen LogP contribution in [-0.2, 0) is 4.79 Å². The first-order valence-electron chi connectivity index (χ1n) is 5.22. The lowest BCUT2D eigenvalue weighted by Crippen LogP contribution is -2.36. The molecule has 0 spiro atoms. The molecule has 82 valence electrons. The van der Waals surface area contributed by atoms with Gasteiger partial charge in [0.25, 0.3) is 5.91 Å². The lowest BCUT2D eigenvalue weighted by molar-refractivity contribution is -0.116. The lowest BCUT2D eigenvalue weighted by Gasteiger charge is -2.17. The SMILES string of the molecule is C#CC(=O)NC1CCN(c2ccccn2)C1. The number of carbonyl (C=O) groups is 1. The van der Waals surface area contributed by atoms with Crippen LogP contribution in [0.15, 0.2) is 24.4 Å². The summed E-state index contributed by atoms with van der Waals surface area (Å²) in [6, 6.07) is 5.93. The van der Waals surface area contributed by atoms with Crippen molar-refractivity contribution in [2.45, 2.75) is 12.5 Å². The fourth-order valence-electron chi connectivity index (χ4n) is 1.85. The number of aromatic nitrogens is 1. The third kappa shape index (κ3) is 2.31. The van der Waals surface area contributed by atoms with Crippen molar-refractivity contribution in [2.75, 3.05) is 18.0 Å². The lowest BCUT2D eigenvalue weighted by atomic mass is 10.2. The molecule has 0 aromatic carbocycles. The van der Waals surface area contributed by atoms with E-state index in [1.165, 1.54) is 0 Å². The Morgan fingerprint density at radius 1 is 1.62 bits per heavy atom. The fourth-order valence-corrected chi connectivity index (χ4v) is 1.85. The number of pyridine rings is 1. The summed E-state index contributed by atoms with van der Waals surface area (Å²) >= 11 is 0. The summed E-state index contributed by atoms with van der Waals surface area (Å²) in [6.45, 7) is 1.66. The van der Waals surface area contributed by atoms with Gasteiger partial charge in [0, 0.05) is 25.3 Å². The van der Waals surface area contributed by atoms with E-state index in [0.29, 0.717) is 0 Å². The zero-order valence-corrected chi connectivity index (χ0v) is 8.89. The highest BCUT2D eigenvalue weighted by molar-refractivity contribution is 5.93. The Kier molecular flexibility index (Phi) is 3.06. The van der Waals surface area contributed by atoms with Gasteiger partial charge in [-0.3, -0.25) is 4.79 Å². The molecule has 4 heteroatoms. The fraction of sp³-hybridized carbons (Fsp3) is 0.333.